The van der Waals surface area contributed by atoms with Crippen molar-refractivity contribution in [3.05, 3.63) is 70.1 Å². The summed E-state index contributed by atoms with van der Waals surface area (Å²) in [7, 11) is 1.60. The summed E-state index contributed by atoms with van der Waals surface area (Å²) in [4.78, 5) is 23.8. The smallest absolute Gasteiger partial charge is 0.336 e. The lowest BCUT2D eigenvalue weighted by molar-refractivity contribution is -0.123. The van der Waals surface area contributed by atoms with E-state index in [0.29, 0.717) is 17.9 Å². The fourth-order valence-corrected chi connectivity index (χ4v) is 2.96. The minimum atomic E-state index is -0.385. The van der Waals surface area contributed by atoms with Gasteiger partial charge >= 0.3 is 5.63 Å². The van der Waals surface area contributed by atoms with Gasteiger partial charge in [-0.3, -0.25) is 4.79 Å². The zero-order valence-corrected chi connectivity index (χ0v) is 16.0. The van der Waals surface area contributed by atoms with E-state index in [1.165, 1.54) is 6.07 Å². The largest absolute Gasteiger partial charge is 0.497 e. The highest BCUT2D eigenvalue weighted by molar-refractivity contribution is 5.82. The number of hydrogen-bond acceptors (Lipinski definition) is 5. The number of carbonyl (C=O) groups is 1. The number of hydrogen-bond donors (Lipinski definition) is 1. The third-order valence-electron chi connectivity index (χ3n) is 4.31. The van der Waals surface area contributed by atoms with Crippen LogP contribution in [-0.4, -0.2) is 19.6 Å². The van der Waals surface area contributed by atoms with Gasteiger partial charge in [-0.2, -0.15) is 0 Å². The van der Waals surface area contributed by atoms with Crippen LogP contribution in [0.4, 0.5) is 0 Å². The molecule has 6 nitrogen and oxygen atoms in total. The maximum atomic E-state index is 12.1. The number of benzene rings is 2. The van der Waals surface area contributed by atoms with Gasteiger partial charge in [0.2, 0.25) is 0 Å². The van der Waals surface area contributed by atoms with Crippen LogP contribution in [0.3, 0.4) is 0 Å². The molecular formula is C22H23NO5. The van der Waals surface area contributed by atoms with E-state index in [1.807, 2.05) is 30.3 Å². The van der Waals surface area contributed by atoms with Gasteiger partial charge in [0.25, 0.3) is 5.91 Å². The molecule has 0 bridgehead atoms. The standard InChI is InChI=1S/C22H23NO5/c1-3-5-16-11-22(25)28-20-12-18(8-9-19(16)20)27-14-21(24)23-13-15-6-4-7-17(10-15)26-2/h4,6-12H,3,5,13-14H2,1-2H3,(H,23,24). The van der Waals surface area contributed by atoms with Crippen LogP contribution in [-0.2, 0) is 17.8 Å². The van der Waals surface area contributed by atoms with Gasteiger partial charge in [-0.25, -0.2) is 4.79 Å². The van der Waals surface area contributed by atoms with Crippen LogP contribution in [0, 0.1) is 0 Å². The normalized spacial score (nSPS) is 10.6. The van der Waals surface area contributed by atoms with E-state index >= 15 is 0 Å². The number of fused-ring (bicyclic) bond motifs is 1. The highest BCUT2D eigenvalue weighted by Gasteiger charge is 2.08. The van der Waals surface area contributed by atoms with Crippen molar-refractivity contribution in [2.75, 3.05) is 13.7 Å². The summed E-state index contributed by atoms with van der Waals surface area (Å²) in [6.07, 6.45) is 1.74. The summed E-state index contributed by atoms with van der Waals surface area (Å²) in [5.41, 5.74) is 1.97. The second-order valence-corrected chi connectivity index (χ2v) is 6.42. The molecule has 1 N–H and O–H groups in total. The number of nitrogens with one attached hydrogen (secondary N) is 1. The van der Waals surface area contributed by atoms with Gasteiger partial charge in [0, 0.05) is 24.1 Å². The van der Waals surface area contributed by atoms with Crippen LogP contribution in [0.2, 0.25) is 0 Å². The SMILES string of the molecule is CCCc1cc(=O)oc2cc(OCC(=O)NCc3cccc(OC)c3)ccc12. The Morgan fingerprint density at radius 1 is 1.11 bits per heavy atom. The monoisotopic (exact) mass is 381 g/mol. The average Bonchev–Trinajstić information content (AvgIpc) is 2.70. The summed E-state index contributed by atoms with van der Waals surface area (Å²) in [6, 6.07) is 14.3. The Kier molecular flexibility index (Phi) is 6.32. The highest BCUT2D eigenvalue weighted by Crippen LogP contribution is 2.23. The second kappa shape index (κ2) is 9.08. The lowest BCUT2D eigenvalue weighted by Crippen LogP contribution is -2.28. The van der Waals surface area contributed by atoms with Gasteiger partial charge in [-0.1, -0.05) is 25.5 Å². The van der Waals surface area contributed by atoms with Crippen LogP contribution in [0.15, 0.2) is 57.7 Å². The Hall–Kier alpha value is -3.28. The molecule has 0 unspecified atom stereocenters. The minimum absolute atomic E-state index is 0.131. The molecule has 1 heterocycles. The molecule has 28 heavy (non-hydrogen) atoms. The molecular weight excluding hydrogens is 358 g/mol. The van der Waals surface area contributed by atoms with Gasteiger partial charge < -0.3 is 19.2 Å². The molecule has 1 amide bonds. The fourth-order valence-electron chi connectivity index (χ4n) is 2.96. The van der Waals surface area contributed by atoms with Crippen LogP contribution >= 0.6 is 0 Å². The highest BCUT2D eigenvalue weighted by atomic mass is 16.5. The summed E-state index contributed by atoms with van der Waals surface area (Å²) in [6.45, 7) is 2.31. The van der Waals surface area contributed by atoms with Crippen molar-refractivity contribution in [3.8, 4) is 11.5 Å². The van der Waals surface area contributed by atoms with Gasteiger partial charge in [-0.15, -0.1) is 0 Å². The molecule has 0 aliphatic heterocycles. The summed E-state index contributed by atoms with van der Waals surface area (Å²) < 4.78 is 16.0. The molecule has 0 saturated carbocycles. The molecule has 0 radical (unpaired) electrons. The van der Waals surface area contributed by atoms with Gasteiger partial charge in [-0.05, 0) is 41.8 Å². The number of amides is 1. The molecule has 3 rings (SSSR count). The van der Waals surface area contributed by atoms with Crippen LogP contribution in [0.1, 0.15) is 24.5 Å². The lowest BCUT2D eigenvalue weighted by atomic mass is 10.1. The molecule has 0 aliphatic carbocycles. The predicted molar refractivity (Wildman–Crippen MR) is 107 cm³/mol. The van der Waals surface area contributed by atoms with Gasteiger partial charge in [0.1, 0.15) is 17.1 Å². The Bertz CT molecular complexity index is 1020. The molecule has 0 fully saturated rings. The van der Waals surface area contributed by atoms with Crippen molar-refractivity contribution < 1.29 is 18.7 Å². The summed E-state index contributed by atoms with van der Waals surface area (Å²) in [5, 5.41) is 3.69. The van der Waals surface area contributed by atoms with Crippen molar-refractivity contribution in [2.24, 2.45) is 0 Å². The predicted octanol–water partition coefficient (Wildman–Crippen LogP) is 3.45. The van der Waals surface area contributed by atoms with E-state index in [-0.39, 0.29) is 18.1 Å². The Balaban J connectivity index is 1.61. The Labute approximate surface area is 163 Å². The first-order valence-electron chi connectivity index (χ1n) is 9.18. The van der Waals surface area contributed by atoms with Crippen LogP contribution in [0.5, 0.6) is 11.5 Å². The topological polar surface area (TPSA) is 77.8 Å². The van der Waals surface area contributed by atoms with Gasteiger partial charge in [0.15, 0.2) is 6.61 Å². The summed E-state index contributed by atoms with van der Waals surface area (Å²) in [5.74, 6) is 0.966. The number of ether oxygens (including phenoxy) is 2. The Morgan fingerprint density at radius 2 is 1.96 bits per heavy atom. The number of aryl methyl sites for hydroxylation is 1. The molecule has 2 aromatic carbocycles. The zero-order valence-electron chi connectivity index (χ0n) is 16.0. The molecule has 6 heteroatoms. The van der Waals surface area contributed by atoms with E-state index in [4.69, 9.17) is 13.9 Å². The van der Waals surface area contributed by atoms with E-state index in [9.17, 15) is 9.59 Å². The minimum Gasteiger partial charge on any atom is -0.497 e. The van der Waals surface area contributed by atoms with Crippen molar-refractivity contribution in [1.29, 1.82) is 0 Å². The number of rotatable bonds is 8. The third-order valence-corrected chi connectivity index (χ3v) is 4.31. The fraction of sp³-hybridized carbons (Fsp3) is 0.273. The maximum absolute atomic E-state index is 12.1. The number of carbonyl (C=O) groups excluding carboxylic acids is 1. The van der Waals surface area contributed by atoms with Crippen molar-refractivity contribution >= 4 is 16.9 Å². The first-order chi connectivity index (χ1) is 13.6. The Morgan fingerprint density at radius 3 is 2.75 bits per heavy atom. The molecule has 0 aliphatic rings. The zero-order chi connectivity index (χ0) is 19.9. The van der Waals surface area contributed by atoms with E-state index in [2.05, 4.69) is 12.2 Å². The van der Waals surface area contributed by atoms with Crippen LogP contribution in [0.25, 0.3) is 11.0 Å². The molecule has 0 spiro atoms. The number of methoxy groups -OCH3 is 1. The van der Waals surface area contributed by atoms with E-state index in [0.717, 1.165) is 35.1 Å². The quantitative estimate of drug-likeness (QED) is 0.605. The van der Waals surface area contributed by atoms with Gasteiger partial charge in [0.05, 0.1) is 7.11 Å². The summed E-state index contributed by atoms with van der Waals surface area (Å²) >= 11 is 0. The van der Waals surface area contributed by atoms with E-state index < -0.39 is 0 Å². The third kappa shape index (κ3) is 4.91. The van der Waals surface area contributed by atoms with Crippen LogP contribution < -0.4 is 20.4 Å². The first kappa shape index (κ1) is 19.5. The molecule has 3 aromatic rings. The molecule has 0 atom stereocenters. The maximum Gasteiger partial charge on any atom is 0.336 e. The molecule has 0 saturated heterocycles. The lowest BCUT2D eigenvalue weighted by Gasteiger charge is -2.10. The molecule has 1 aromatic heterocycles. The molecule has 146 valence electrons. The first-order valence-corrected chi connectivity index (χ1v) is 9.18. The second-order valence-electron chi connectivity index (χ2n) is 6.42. The van der Waals surface area contributed by atoms with Crippen molar-refractivity contribution in [1.82, 2.24) is 5.32 Å². The van der Waals surface area contributed by atoms with Crippen molar-refractivity contribution in [2.45, 2.75) is 26.3 Å². The van der Waals surface area contributed by atoms with Crippen molar-refractivity contribution in [3.63, 3.8) is 0 Å². The average molecular weight is 381 g/mol. The van der Waals surface area contributed by atoms with E-state index in [1.54, 1.807) is 19.2 Å².